The molecule has 2 N–H and O–H groups in total. The lowest BCUT2D eigenvalue weighted by Gasteiger charge is -2.26. The number of alkyl halides is 6. The first-order chi connectivity index (χ1) is 25.0. The van der Waals surface area contributed by atoms with Gasteiger partial charge in [-0.3, -0.25) is 19.4 Å². The molecule has 282 valence electrons. The number of anilines is 1. The van der Waals surface area contributed by atoms with Crippen LogP contribution >= 0.6 is 24.0 Å². The summed E-state index contributed by atoms with van der Waals surface area (Å²) in [7, 11) is 1.30. The maximum absolute atomic E-state index is 13.7. The van der Waals surface area contributed by atoms with Crippen molar-refractivity contribution in [3.05, 3.63) is 81.8 Å². The summed E-state index contributed by atoms with van der Waals surface area (Å²) in [4.78, 5) is 40.9. The maximum Gasteiger partial charge on any atom is 0.416 e. The molecule has 2 aliphatic heterocycles. The summed E-state index contributed by atoms with van der Waals surface area (Å²) in [6.45, 7) is 3.00. The fourth-order valence-corrected chi connectivity index (χ4v) is 6.69. The summed E-state index contributed by atoms with van der Waals surface area (Å²) in [5.74, 6) is -1.98. The molecule has 5 rings (SSSR count). The van der Waals surface area contributed by atoms with Gasteiger partial charge < -0.3 is 24.6 Å². The van der Waals surface area contributed by atoms with E-state index in [-0.39, 0.29) is 74.3 Å². The number of hydrogen-bond donors (Lipinski definition) is 2. The zero-order chi connectivity index (χ0) is 38.5. The van der Waals surface area contributed by atoms with Crippen LogP contribution in [0.1, 0.15) is 33.5 Å². The normalized spacial score (nSPS) is 16.3. The van der Waals surface area contributed by atoms with E-state index in [4.69, 9.17) is 26.4 Å². The molecule has 3 aromatic rings. The van der Waals surface area contributed by atoms with Gasteiger partial charge in [-0.1, -0.05) is 30.0 Å². The number of halogens is 6. The topological polar surface area (TPSA) is 118 Å². The average molecular weight is 784 g/mol. The number of hydrogen-bond acceptors (Lipinski definition) is 9. The summed E-state index contributed by atoms with van der Waals surface area (Å²) >= 11 is 6.30. The highest BCUT2D eigenvalue weighted by atomic mass is 32.2. The molecule has 0 radical (unpaired) electrons. The quantitative estimate of drug-likeness (QED) is 0.113. The standard InChI is InChI=1S/C35H31F6N3O7S2/c1-49-28-17-21(32(47)48)2-4-26(28)42-30(45)6-7-44-31(46)29(53-33(44)52)18-23-14-20(3-5-27(23)51-13-10-43-8-11-50-12-9-43)22-15-24(34(36,37)38)19-25(16-22)35(39,40)41/h2-5,14-19H,6-13H2,1H3,(H,42,45)(H,47,48). The number of thiocarbonyl (C=S) groups is 1. The third kappa shape index (κ3) is 10.1. The number of benzene rings is 3. The smallest absolute Gasteiger partial charge is 0.416 e. The Hall–Kier alpha value is -4.65. The Kier molecular flexibility index (Phi) is 12.4. The molecule has 0 unspecified atom stereocenters. The number of rotatable bonds is 12. The second kappa shape index (κ2) is 16.6. The lowest BCUT2D eigenvalue weighted by molar-refractivity contribution is -0.143. The molecular formula is C35H31F6N3O7S2. The fraction of sp³-hybridized carbons (Fsp3) is 0.314. The molecule has 2 fully saturated rings. The number of aromatic carboxylic acids is 1. The number of morpholine rings is 1. The van der Waals surface area contributed by atoms with Gasteiger partial charge in [-0.15, -0.1) is 0 Å². The van der Waals surface area contributed by atoms with Crippen molar-refractivity contribution in [2.24, 2.45) is 0 Å². The number of nitrogens with one attached hydrogen (secondary N) is 1. The predicted molar refractivity (Wildman–Crippen MR) is 188 cm³/mol. The number of ether oxygens (including phenoxy) is 3. The maximum atomic E-state index is 13.7. The van der Waals surface area contributed by atoms with Gasteiger partial charge in [-0.2, -0.15) is 26.3 Å². The molecule has 0 aromatic heterocycles. The van der Waals surface area contributed by atoms with Gasteiger partial charge in [0.25, 0.3) is 5.91 Å². The summed E-state index contributed by atoms with van der Waals surface area (Å²) < 4.78 is 98.6. The number of thioether (sulfide) groups is 1. The molecule has 0 atom stereocenters. The lowest BCUT2D eigenvalue weighted by atomic mass is 9.97. The molecule has 0 bridgehead atoms. The van der Waals surface area contributed by atoms with Crippen LogP contribution in [0, 0.1) is 0 Å². The van der Waals surface area contributed by atoms with Gasteiger partial charge >= 0.3 is 18.3 Å². The molecule has 0 saturated carbocycles. The monoisotopic (exact) mass is 783 g/mol. The van der Waals surface area contributed by atoms with Crippen molar-refractivity contribution in [1.29, 1.82) is 0 Å². The van der Waals surface area contributed by atoms with Crippen LogP contribution in [-0.2, 0) is 26.7 Å². The summed E-state index contributed by atoms with van der Waals surface area (Å²) in [6, 6.07) is 9.26. The van der Waals surface area contributed by atoms with E-state index in [1.54, 1.807) is 0 Å². The van der Waals surface area contributed by atoms with Crippen LogP contribution in [0.4, 0.5) is 32.0 Å². The first-order valence-corrected chi connectivity index (χ1v) is 17.1. The highest BCUT2D eigenvalue weighted by Crippen LogP contribution is 2.40. The van der Waals surface area contributed by atoms with Crippen molar-refractivity contribution < 1.29 is 60.0 Å². The lowest BCUT2D eigenvalue weighted by Crippen LogP contribution is -2.38. The van der Waals surface area contributed by atoms with E-state index < -0.39 is 41.3 Å². The van der Waals surface area contributed by atoms with Gasteiger partial charge in [0.05, 0.1) is 47.6 Å². The number of carbonyl (C=O) groups excluding carboxylic acids is 2. The van der Waals surface area contributed by atoms with Crippen LogP contribution in [-0.4, -0.2) is 90.1 Å². The van der Waals surface area contributed by atoms with E-state index in [9.17, 15) is 45.8 Å². The number of amides is 2. The number of methoxy groups -OCH3 is 1. The van der Waals surface area contributed by atoms with E-state index in [2.05, 4.69) is 10.2 Å². The SMILES string of the molecule is COc1cc(C(=O)O)ccc1NC(=O)CCN1C(=O)C(=Cc2cc(-c3cc(C(F)(F)F)cc(C(F)(F)F)c3)ccc2OCCN2CCOCC2)SC1=S. The van der Waals surface area contributed by atoms with Crippen LogP contribution in [0.25, 0.3) is 17.2 Å². The highest BCUT2D eigenvalue weighted by Gasteiger charge is 2.37. The second-order valence-corrected chi connectivity index (χ2v) is 13.4. The zero-order valence-electron chi connectivity index (χ0n) is 27.8. The summed E-state index contributed by atoms with van der Waals surface area (Å²) in [5, 5.41) is 11.8. The van der Waals surface area contributed by atoms with Gasteiger partial charge in [0.1, 0.15) is 22.4 Å². The van der Waals surface area contributed by atoms with Gasteiger partial charge in [0, 0.05) is 38.2 Å². The number of carboxylic acids is 1. The van der Waals surface area contributed by atoms with Gasteiger partial charge in [-0.25, -0.2) is 4.79 Å². The minimum atomic E-state index is -5.05. The molecule has 2 aliphatic rings. The van der Waals surface area contributed by atoms with Crippen molar-refractivity contribution in [2.45, 2.75) is 18.8 Å². The van der Waals surface area contributed by atoms with Crippen molar-refractivity contribution in [3.63, 3.8) is 0 Å². The Balaban J connectivity index is 1.39. The van der Waals surface area contributed by atoms with Crippen molar-refractivity contribution in [2.75, 3.05) is 58.4 Å². The van der Waals surface area contributed by atoms with E-state index in [1.807, 2.05) is 0 Å². The molecule has 2 amide bonds. The molecule has 0 aliphatic carbocycles. The third-order valence-electron chi connectivity index (χ3n) is 8.14. The molecule has 3 aromatic carbocycles. The van der Waals surface area contributed by atoms with E-state index in [1.165, 1.54) is 54.5 Å². The molecule has 10 nitrogen and oxygen atoms in total. The molecule has 0 spiro atoms. The zero-order valence-corrected chi connectivity index (χ0v) is 29.4. The van der Waals surface area contributed by atoms with Crippen LogP contribution in [0.2, 0.25) is 0 Å². The van der Waals surface area contributed by atoms with E-state index >= 15 is 0 Å². The second-order valence-electron chi connectivity index (χ2n) is 11.7. The van der Waals surface area contributed by atoms with Gasteiger partial charge in [-0.05, 0) is 65.7 Å². The first kappa shape index (κ1) is 39.6. The molecule has 2 saturated heterocycles. The van der Waals surface area contributed by atoms with Crippen LogP contribution in [0.3, 0.4) is 0 Å². The average Bonchev–Trinajstić information content (AvgIpc) is 3.38. The Morgan fingerprint density at radius 3 is 2.25 bits per heavy atom. The molecule has 53 heavy (non-hydrogen) atoms. The largest absolute Gasteiger partial charge is 0.495 e. The number of nitrogens with zero attached hydrogens (tertiary/aromatic N) is 2. The number of carboxylic acid groups (broad SMARTS) is 1. The molecular weight excluding hydrogens is 753 g/mol. The molecule has 2 heterocycles. The van der Waals surface area contributed by atoms with Crippen LogP contribution in [0.5, 0.6) is 11.5 Å². The fourth-order valence-electron chi connectivity index (χ4n) is 5.39. The Morgan fingerprint density at radius 1 is 0.943 bits per heavy atom. The van der Waals surface area contributed by atoms with Crippen molar-refractivity contribution in [3.8, 4) is 22.6 Å². The highest BCUT2D eigenvalue weighted by molar-refractivity contribution is 8.26. The Bertz CT molecular complexity index is 1900. The third-order valence-corrected chi connectivity index (χ3v) is 9.52. The van der Waals surface area contributed by atoms with Gasteiger partial charge in [0.2, 0.25) is 5.91 Å². The number of carbonyl (C=O) groups is 3. The summed E-state index contributed by atoms with van der Waals surface area (Å²) in [5.41, 5.74) is -2.95. The minimum absolute atomic E-state index is 0.00680. The van der Waals surface area contributed by atoms with Crippen molar-refractivity contribution in [1.82, 2.24) is 9.80 Å². The molecule has 18 heteroatoms. The van der Waals surface area contributed by atoms with Crippen molar-refractivity contribution >= 4 is 57.8 Å². The summed E-state index contributed by atoms with van der Waals surface area (Å²) in [6.07, 6.45) is -8.93. The first-order valence-electron chi connectivity index (χ1n) is 15.9. The minimum Gasteiger partial charge on any atom is -0.495 e. The van der Waals surface area contributed by atoms with Crippen LogP contribution in [0.15, 0.2) is 59.5 Å². The van der Waals surface area contributed by atoms with E-state index in [0.717, 1.165) is 11.8 Å². The van der Waals surface area contributed by atoms with E-state index in [0.29, 0.717) is 45.0 Å². The van der Waals surface area contributed by atoms with Gasteiger partial charge in [0.15, 0.2) is 0 Å². The van der Waals surface area contributed by atoms with Crippen LogP contribution < -0.4 is 14.8 Å². The Morgan fingerprint density at radius 2 is 1.62 bits per heavy atom. The predicted octanol–water partition coefficient (Wildman–Crippen LogP) is 7.04. The Labute approximate surface area is 308 Å².